The largest absolute Gasteiger partial charge is 0.496 e. The Bertz CT molecular complexity index is 511. The standard InChI is InChI=1S/C16H23NO4/c1-5-12(11-8-6-7-9-13(11)21-4)17-14(18)10-16(2,3)15(19)20/h6-9,12H,5,10H2,1-4H3,(H,17,18)(H,19,20). The Morgan fingerprint density at radius 3 is 2.48 bits per heavy atom. The van der Waals surface area contributed by atoms with E-state index in [2.05, 4.69) is 5.32 Å². The minimum atomic E-state index is -1.08. The van der Waals surface area contributed by atoms with Crippen molar-refractivity contribution < 1.29 is 19.4 Å². The van der Waals surface area contributed by atoms with Gasteiger partial charge in [0.2, 0.25) is 5.91 Å². The van der Waals surface area contributed by atoms with Crippen LogP contribution in [0.5, 0.6) is 5.75 Å². The number of rotatable bonds is 7. The quantitative estimate of drug-likeness (QED) is 0.810. The smallest absolute Gasteiger partial charge is 0.309 e. The molecule has 2 N–H and O–H groups in total. The molecule has 0 fully saturated rings. The Balaban J connectivity index is 2.83. The van der Waals surface area contributed by atoms with E-state index in [1.807, 2.05) is 31.2 Å². The molecule has 0 radical (unpaired) electrons. The molecule has 116 valence electrons. The summed E-state index contributed by atoms with van der Waals surface area (Å²) in [7, 11) is 1.58. The summed E-state index contributed by atoms with van der Waals surface area (Å²) in [6.45, 7) is 5.04. The fraction of sp³-hybridized carbons (Fsp3) is 0.500. The molecular formula is C16H23NO4. The SMILES string of the molecule is CCC(NC(=O)CC(C)(C)C(=O)O)c1ccccc1OC. The zero-order valence-electron chi connectivity index (χ0n) is 13.0. The molecule has 1 aromatic rings. The summed E-state index contributed by atoms with van der Waals surface area (Å²) in [5, 5.41) is 12.0. The molecule has 21 heavy (non-hydrogen) atoms. The second-order valence-electron chi connectivity index (χ2n) is 5.64. The Morgan fingerprint density at radius 2 is 1.95 bits per heavy atom. The lowest BCUT2D eigenvalue weighted by molar-refractivity contribution is -0.149. The number of para-hydroxylation sites is 1. The van der Waals surface area contributed by atoms with Crippen molar-refractivity contribution in [3.05, 3.63) is 29.8 Å². The predicted molar refractivity (Wildman–Crippen MR) is 80.2 cm³/mol. The summed E-state index contributed by atoms with van der Waals surface area (Å²) in [6, 6.07) is 7.29. The third-order valence-corrected chi connectivity index (χ3v) is 3.44. The van der Waals surface area contributed by atoms with E-state index in [0.717, 1.165) is 5.56 Å². The highest BCUT2D eigenvalue weighted by Gasteiger charge is 2.31. The number of nitrogens with one attached hydrogen (secondary N) is 1. The van der Waals surface area contributed by atoms with Crippen LogP contribution in [-0.2, 0) is 9.59 Å². The minimum absolute atomic E-state index is 0.0615. The van der Waals surface area contributed by atoms with Crippen LogP contribution in [0.25, 0.3) is 0 Å². The molecule has 0 heterocycles. The number of carboxylic acids is 1. The van der Waals surface area contributed by atoms with Crippen LogP contribution in [0.15, 0.2) is 24.3 Å². The number of hydrogen-bond acceptors (Lipinski definition) is 3. The molecule has 1 atom stereocenters. The van der Waals surface area contributed by atoms with Gasteiger partial charge >= 0.3 is 5.97 Å². The second-order valence-corrected chi connectivity index (χ2v) is 5.64. The molecule has 0 saturated carbocycles. The number of amides is 1. The molecule has 1 unspecified atom stereocenters. The summed E-state index contributed by atoms with van der Waals surface area (Å²) in [6.07, 6.45) is 0.633. The van der Waals surface area contributed by atoms with E-state index in [9.17, 15) is 9.59 Å². The first kappa shape index (κ1) is 17.0. The molecule has 0 saturated heterocycles. The Morgan fingerprint density at radius 1 is 1.33 bits per heavy atom. The molecule has 0 bridgehead atoms. The number of benzene rings is 1. The van der Waals surface area contributed by atoms with E-state index in [-0.39, 0.29) is 18.4 Å². The lowest BCUT2D eigenvalue weighted by Gasteiger charge is -2.23. The number of aliphatic carboxylic acids is 1. The van der Waals surface area contributed by atoms with Crippen LogP contribution >= 0.6 is 0 Å². The van der Waals surface area contributed by atoms with Gasteiger partial charge in [-0.1, -0.05) is 25.1 Å². The van der Waals surface area contributed by atoms with Crippen LogP contribution in [0.4, 0.5) is 0 Å². The summed E-state index contributed by atoms with van der Waals surface area (Å²) in [4.78, 5) is 23.2. The van der Waals surface area contributed by atoms with Crippen molar-refractivity contribution in [1.82, 2.24) is 5.32 Å². The van der Waals surface area contributed by atoms with Crippen molar-refractivity contribution in [2.45, 2.75) is 39.7 Å². The fourth-order valence-corrected chi connectivity index (χ4v) is 2.08. The molecule has 1 amide bonds. The van der Waals surface area contributed by atoms with Gasteiger partial charge in [-0.2, -0.15) is 0 Å². The van der Waals surface area contributed by atoms with Crippen molar-refractivity contribution in [2.24, 2.45) is 5.41 Å². The van der Waals surface area contributed by atoms with Crippen molar-refractivity contribution in [1.29, 1.82) is 0 Å². The summed E-state index contributed by atoms with van der Waals surface area (Å²) >= 11 is 0. The van der Waals surface area contributed by atoms with Gasteiger partial charge in [0.15, 0.2) is 0 Å². The molecule has 1 aromatic carbocycles. The maximum atomic E-state index is 12.1. The lowest BCUT2D eigenvalue weighted by Crippen LogP contribution is -2.35. The van der Waals surface area contributed by atoms with E-state index >= 15 is 0 Å². The monoisotopic (exact) mass is 293 g/mol. The van der Waals surface area contributed by atoms with Gasteiger partial charge in [0.25, 0.3) is 0 Å². The molecule has 5 nitrogen and oxygen atoms in total. The number of carboxylic acid groups (broad SMARTS) is 1. The van der Waals surface area contributed by atoms with E-state index in [4.69, 9.17) is 9.84 Å². The first-order chi connectivity index (χ1) is 9.81. The molecule has 0 aliphatic carbocycles. The van der Waals surface area contributed by atoms with Crippen LogP contribution in [-0.4, -0.2) is 24.1 Å². The second kappa shape index (κ2) is 7.11. The first-order valence-corrected chi connectivity index (χ1v) is 6.97. The lowest BCUT2D eigenvalue weighted by atomic mass is 9.89. The maximum absolute atomic E-state index is 12.1. The van der Waals surface area contributed by atoms with Gasteiger partial charge in [0.05, 0.1) is 18.6 Å². The zero-order valence-corrected chi connectivity index (χ0v) is 13.0. The predicted octanol–water partition coefficient (Wildman–Crippen LogP) is 2.76. The maximum Gasteiger partial charge on any atom is 0.309 e. The fourth-order valence-electron chi connectivity index (χ4n) is 2.08. The van der Waals surface area contributed by atoms with E-state index in [0.29, 0.717) is 12.2 Å². The first-order valence-electron chi connectivity index (χ1n) is 6.97. The van der Waals surface area contributed by atoms with Gasteiger partial charge in [-0.25, -0.2) is 0 Å². The minimum Gasteiger partial charge on any atom is -0.496 e. The van der Waals surface area contributed by atoms with E-state index < -0.39 is 11.4 Å². The summed E-state index contributed by atoms with van der Waals surface area (Å²) in [5.74, 6) is -0.551. The average molecular weight is 293 g/mol. The molecule has 5 heteroatoms. The third kappa shape index (κ3) is 4.48. The number of ether oxygens (including phenoxy) is 1. The molecular weight excluding hydrogens is 270 g/mol. The van der Waals surface area contributed by atoms with E-state index in [1.54, 1.807) is 21.0 Å². The molecule has 1 rings (SSSR count). The van der Waals surface area contributed by atoms with Crippen molar-refractivity contribution in [2.75, 3.05) is 7.11 Å². The van der Waals surface area contributed by atoms with Crippen LogP contribution in [0.3, 0.4) is 0 Å². The Kier molecular flexibility index (Phi) is 5.76. The van der Waals surface area contributed by atoms with Gasteiger partial charge in [-0.3, -0.25) is 9.59 Å². The highest BCUT2D eigenvalue weighted by molar-refractivity contribution is 5.84. The topological polar surface area (TPSA) is 75.6 Å². The molecule has 0 aromatic heterocycles. The molecule has 0 aliphatic rings. The van der Waals surface area contributed by atoms with Crippen molar-refractivity contribution in [3.8, 4) is 5.75 Å². The number of carbonyl (C=O) groups is 2. The average Bonchev–Trinajstić information content (AvgIpc) is 2.44. The van der Waals surface area contributed by atoms with Crippen LogP contribution in [0.2, 0.25) is 0 Å². The van der Waals surface area contributed by atoms with E-state index in [1.165, 1.54) is 0 Å². The van der Waals surface area contributed by atoms with Crippen LogP contribution in [0.1, 0.15) is 45.2 Å². The summed E-state index contributed by atoms with van der Waals surface area (Å²) < 4.78 is 5.30. The van der Waals surface area contributed by atoms with Gasteiger partial charge in [-0.15, -0.1) is 0 Å². The van der Waals surface area contributed by atoms with Gasteiger partial charge in [-0.05, 0) is 26.3 Å². The highest BCUT2D eigenvalue weighted by Crippen LogP contribution is 2.28. The van der Waals surface area contributed by atoms with Gasteiger partial charge < -0.3 is 15.2 Å². The summed E-state index contributed by atoms with van der Waals surface area (Å²) in [5.41, 5.74) is -0.188. The normalized spacial score (nSPS) is 12.6. The highest BCUT2D eigenvalue weighted by atomic mass is 16.5. The van der Waals surface area contributed by atoms with Gasteiger partial charge in [0.1, 0.15) is 5.75 Å². The Labute approximate surface area is 125 Å². The van der Waals surface area contributed by atoms with Crippen LogP contribution < -0.4 is 10.1 Å². The molecule has 0 spiro atoms. The van der Waals surface area contributed by atoms with Crippen LogP contribution in [0, 0.1) is 5.41 Å². The van der Waals surface area contributed by atoms with Gasteiger partial charge in [0, 0.05) is 12.0 Å². The number of carbonyl (C=O) groups excluding carboxylic acids is 1. The van der Waals surface area contributed by atoms with Crippen molar-refractivity contribution >= 4 is 11.9 Å². The Hall–Kier alpha value is -2.04. The molecule has 0 aliphatic heterocycles. The number of methoxy groups -OCH3 is 1. The zero-order chi connectivity index (χ0) is 16.0. The third-order valence-electron chi connectivity index (χ3n) is 3.44. The van der Waals surface area contributed by atoms with Crippen molar-refractivity contribution in [3.63, 3.8) is 0 Å². The number of hydrogen-bond donors (Lipinski definition) is 2.